The molecule has 4 heteroatoms. The summed E-state index contributed by atoms with van der Waals surface area (Å²) in [5.74, 6) is 0. The van der Waals surface area contributed by atoms with E-state index in [1.54, 1.807) is 6.21 Å². The molecule has 0 atom stereocenters. The third kappa shape index (κ3) is 2.16. The van der Waals surface area contributed by atoms with Crippen LogP contribution in [-0.2, 0) is 0 Å². The lowest BCUT2D eigenvalue weighted by Gasteiger charge is -1.94. The molecular weight excluding hydrogens is 190 g/mol. The number of aromatic amines is 1. The van der Waals surface area contributed by atoms with E-state index in [0.29, 0.717) is 6.54 Å². The number of aliphatic hydroxyl groups excluding tert-OH is 1. The molecule has 2 aromatic rings. The van der Waals surface area contributed by atoms with Crippen molar-refractivity contribution < 1.29 is 5.11 Å². The van der Waals surface area contributed by atoms with Crippen LogP contribution in [0.1, 0.15) is 5.56 Å². The number of hydrogen-bond donors (Lipinski definition) is 3. The fourth-order valence-corrected chi connectivity index (χ4v) is 1.43. The fourth-order valence-electron chi connectivity index (χ4n) is 1.43. The van der Waals surface area contributed by atoms with Crippen molar-refractivity contribution in [1.82, 2.24) is 10.4 Å². The molecule has 0 spiro atoms. The van der Waals surface area contributed by atoms with Crippen LogP contribution in [0.2, 0.25) is 0 Å². The topological polar surface area (TPSA) is 60.4 Å². The Morgan fingerprint density at radius 1 is 1.40 bits per heavy atom. The summed E-state index contributed by atoms with van der Waals surface area (Å²) >= 11 is 0. The number of H-pyrrole nitrogens is 1. The van der Waals surface area contributed by atoms with Gasteiger partial charge in [-0.1, -0.05) is 18.2 Å². The minimum absolute atomic E-state index is 0.0885. The lowest BCUT2D eigenvalue weighted by atomic mass is 10.2. The van der Waals surface area contributed by atoms with Gasteiger partial charge in [-0.15, -0.1) is 0 Å². The number of aromatic nitrogens is 1. The quantitative estimate of drug-likeness (QED) is 0.395. The van der Waals surface area contributed by atoms with Crippen LogP contribution in [0.5, 0.6) is 0 Å². The molecule has 1 heterocycles. The van der Waals surface area contributed by atoms with E-state index in [2.05, 4.69) is 15.5 Å². The molecule has 0 saturated heterocycles. The first kappa shape index (κ1) is 9.73. The van der Waals surface area contributed by atoms with Gasteiger partial charge in [0.15, 0.2) is 0 Å². The third-order valence-corrected chi connectivity index (χ3v) is 2.14. The maximum absolute atomic E-state index is 8.55. The van der Waals surface area contributed by atoms with Crippen molar-refractivity contribution in [3.05, 3.63) is 36.0 Å². The van der Waals surface area contributed by atoms with Crippen LogP contribution in [0.3, 0.4) is 0 Å². The Kier molecular flexibility index (Phi) is 2.99. The monoisotopic (exact) mass is 203 g/mol. The van der Waals surface area contributed by atoms with Crippen molar-refractivity contribution in [3.8, 4) is 0 Å². The highest BCUT2D eigenvalue weighted by Crippen LogP contribution is 2.15. The summed E-state index contributed by atoms with van der Waals surface area (Å²) in [6, 6.07) is 8.05. The number of hydrazone groups is 1. The Morgan fingerprint density at radius 3 is 3.13 bits per heavy atom. The van der Waals surface area contributed by atoms with Crippen molar-refractivity contribution in [1.29, 1.82) is 0 Å². The second-order valence-electron chi connectivity index (χ2n) is 3.18. The van der Waals surface area contributed by atoms with Crippen molar-refractivity contribution in [2.45, 2.75) is 0 Å². The Hall–Kier alpha value is -1.81. The smallest absolute Gasteiger partial charge is 0.0620 e. The van der Waals surface area contributed by atoms with Crippen LogP contribution in [0.15, 0.2) is 35.6 Å². The molecule has 15 heavy (non-hydrogen) atoms. The number of rotatable bonds is 4. The van der Waals surface area contributed by atoms with Crippen LogP contribution >= 0.6 is 0 Å². The van der Waals surface area contributed by atoms with Crippen molar-refractivity contribution in [2.24, 2.45) is 5.10 Å². The second kappa shape index (κ2) is 4.61. The minimum atomic E-state index is 0.0885. The first-order valence-corrected chi connectivity index (χ1v) is 4.84. The predicted molar refractivity (Wildman–Crippen MR) is 61.0 cm³/mol. The van der Waals surface area contributed by atoms with Gasteiger partial charge in [-0.05, 0) is 6.07 Å². The number of nitrogens with one attached hydrogen (secondary N) is 2. The van der Waals surface area contributed by atoms with E-state index in [0.717, 1.165) is 16.5 Å². The van der Waals surface area contributed by atoms with E-state index in [1.807, 2.05) is 30.5 Å². The van der Waals surface area contributed by atoms with Gasteiger partial charge in [0, 0.05) is 22.7 Å². The number of hydrogen-bond acceptors (Lipinski definition) is 3. The molecule has 1 aromatic heterocycles. The molecule has 78 valence electrons. The van der Waals surface area contributed by atoms with Gasteiger partial charge in [-0.3, -0.25) is 0 Å². The normalized spacial score (nSPS) is 11.3. The average molecular weight is 203 g/mol. The van der Waals surface area contributed by atoms with E-state index in [-0.39, 0.29) is 6.61 Å². The molecule has 0 bridgehead atoms. The average Bonchev–Trinajstić information content (AvgIpc) is 2.68. The van der Waals surface area contributed by atoms with Crippen LogP contribution in [0.4, 0.5) is 0 Å². The standard InChI is InChI=1S/C11H13N3O/c15-6-5-13-14-8-9-7-12-11-4-2-1-3-10(9)11/h1-4,7-8,12-13,15H,5-6H2. The number of nitrogens with zero attached hydrogens (tertiary/aromatic N) is 1. The number of benzene rings is 1. The molecule has 0 fully saturated rings. The Bertz CT molecular complexity index is 462. The van der Waals surface area contributed by atoms with E-state index in [9.17, 15) is 0 Å². The number of fused-ring (bicyclic) bond motifs is 1. The van der Waals surface area contributed by atoms with Gasteiger partial charge in [0.2, 0.25) is 0 Å². The Morgan fingerprint density at radius 2 is 2.27 bits per heavy atom. The zero-order chi connectivity index (χ0) is 10.5. The number of para-hydroxylation sites is 1. The minimum Gasteiger partial charge on any atom is -0.394 e. The molecule has 0 unspecified atom stereocenters. The Balaban J connectivity index is 2.17. The van der Waals surface area contributed by atoms with E-state index < -0.39 is 0 Å². The molecule has 0 aliphatic rings. The van der Waals surface area contributed by atoms with Gasteiger partial charge >= 0.3 is 0 Å². The lowest BCUT2D eigenvalue weighted by molar-refractivity contribution is 0.294. The van der Waals surface area contributed by atoms with Crippen molar-refractivity contribution in [3.63, 3.8) is 0 Å². The summed E-state index contributed by atoms with van der Waals surface area (Å²) < 4.78 is 0. The fraction of sp³-hybridized carbons (Fsp3) is 0.182. The highest BCUT2D eigenvalue weighted by Gasteiger charge is 1.98. The van der Waals surface area contributed by atoms with Crippen LogP contribution < -0.4 is 5.43 Å². The maximum atomic E-state index is 8.55. The summed E-state index contributed by atoms with van der Waals surface area (Å²) in [6.07, 6.45) is 3.66. The zero-order valence-corrected chi connectivity index (χ0v) is 8.27. The van der Waals surface area contributed by atoms with Gasteiger partial charge < -0.3 is 15.5 Å². The van der Waals surface area contributed by atoms with Gasteiger partial charge in [0.05, 0.1) is 19.4 Å². The predicted octanol–water partition coefficient (Wildman–Crippen LogP) is 1.08. The third-order valence-electron chi connectivity index (χ3n) is 2.14. The molecule has 0 aliphatic heterocycles. The first-order valence-electron chi connectivity index (χ1n) is 4.84. The van der Waals surface area contributed by atoms with E-state index in [1.165, 1.54) is 0 Å². The SMILES string of the molecule is OCCNN=Cc1c[nH]c2ccccc12. The summed E-state index contributed by atoms with van der Waals surface area (Å²) in [6.45, 7) is 0.560. The molecular formula is C11H13N3O. The van der Waals surface area contributed by atoms with E-state index in [4.69, 9.17) is 5.11 Å². The van der Waals surface area contributed by atoms with Crippen LogP contribution in [0, 0.1) is 0 Å². The Labute approximate surface area is 87.6 Å². The molecule has 1 aromatic carbocycles. The van der Waals surface area contributed by atoms with Crippen molar-refractivity contribution in [2.75, 3.05) is 13.2 Å². The summed E-state index contributed by atoms with van der Waals surface area (Å²) in [7, 11) is 0. The van der Waals surface area contributed by atoms with Crippen LogP contribution in [0.25, 0.3) is 10.9 Å². The molecule has 3 N–H and O–H groups in total. The van der Waals surface area contributed by atoms with E-state index >= 15 is 0 Å². The van der Waals surface area contributed by atoms with Crippen molar-refractivity contribution >= 4 is 17.1 Å². The van der Waals surface area contributed by atoms with Gasteiger partial charge in [-0.2, -0.15) is 5.10 Å². The number of aliphatic hydroxyl groups is 1. The molecule has 0 aliphatic carbocycles. The molecule has 0 amide bonds. The highest BCUT2D eigenvalue weighted by molar-refractivity contribution is 5.98. The molecule has 4 nitrogen and oxygen atoms in total. The molecule has 2 rings (SSSR count). The second-order valence-corrected chi connectivity index (χ2v) is 3.18. The van der Waals surface area contributed by atoms with Gasteiger partial charge in [0.1, 0.15) is 0 Å². The highest BCUT2D eigenvalue weighted by atomic mass is 16.3. The first-order chi connectivity index (χ1) is 7.42. The molecule has 0 saturated carbocycles. The molecule has 0 radical (unpaired) electrons. The summed E-state index contributed by atoms with van der Waals surface area (Å²) in [5, 5.41) is 13.7. The summed E-state index contributed by atoms with van der Waals surface area (Å²) in [5.41, 5.74) is 4.88. The largest absolute Gasteiger partial charge is 0.394 e. The van der Waals surface area contributed by atoms with Gasteiger partial charge in [-0.25, -0.2) is 0 Å². The van der Waals surface area contributed by atoms with Crippen LogP contribution in [-0.4, -0.2) is 29.5 Å². The lowest BCUT2D eigenvalue weighted by Crippen LogP contribution is -2.11. The summed E-state index contributed by atoms with van der Waals surface area (Å²) in [4.78, 5) is 3.16. The maximum Gasteiger partial charge on any atom is 0.0620 e. The zero-order valence-electron chi connectivity index (χ0n) is 8.27. The van der Waals surface area contributed by atoms with Gasteiger partial charge in [0.25, 0.3) is 0 Å².